The van der Waals surface area contributed by atoms with E-state index in [0.717, 1.165) is 0 Å². The van der Waals surface area contributed by atoms with Crippen LogP contribution in [0.25, 0.3) is 0 Å². The monoisotopic (exact) mass is 389 g/mol. The number of carboxylic acid groups (broad SMARTS) is 1. The minimum atomic E-state index is -1.06. The van der Waals surface area contributed by atoms with E-state index in [0.29, 0.717) is 5.56 Å². The van der Waals surface area contributed by atoms with Gasteiger partial charge in [-0.05, 0) is 19.4 Å². The van der Waals surface area contributed by atoms with Gasteiger partial charge in [-0.2, -0.15) is 0 Å². The quantitative estimate of drug-likeness (QED) is 0.716. The Morgan fingerprint density at radius 1 is 1.19 bits per heavy atom. The fourth-order valence-electron chi connectivity index (χ4n) is 4.05. The second kappa shape index (κ2) is 5.98. The van der Waals surface area contributed by atoms with Crippen molar-refractivity contribution in [3.05, 3.63) is 35.9 Å². The molecule has 0 bridgehead atoms. The van der Waals surface area contributed by atoms with Gasteiger partial charge in [0.25, 0.3) is 5.91 Å². The van der Waals surface area contributed by atoms with Crippen LogP contribution in [0.4, 0.5) is 0 Å². The van der Waals surface area contributed by atoms with Crippen molar-refractivity contribution in [3.63, 3.8) is 0 Å². The summed E-state index contributed by atoms with van der Waals surface area (Å²) in [4.78, 5) is 52.3. The van der Waals surface area contributed by atoms with Gasteiger partial charge in [-0.3, -0.25) is 14.4 Å². The van der Waals surface area contributed by atoms with Crippen LogP contribution in [0.15, 0.2) is 30.3 Å². The number of aliphatic carboxylic acids is 1. The van der Waals surface area contributed by atoms with Gasteiger partial charge in [0.05, 0.1) is 0 Å². The highest BCUT2D eigenvalue weighted by Crippen LogP contribution is 2.52. The summed E-state index contributed by atoms with van der Waals surface area (Å²) in [5, 5.41) is 11.7. The summed E-state index contributed by atoms with van der Waals surface area (Å²) in [5.74, 6) is -2.17. The van der Waals surface area contributed by atoms with Crippen molar-refractivity contribution in [2.24, 2.45) is 0 Å². The Balaban J connectivity index is 1.62. The predicted octanol–water partition coefficient (Wildman–Crippen LogP) is 0.202. The lowest BCUT2D eigenvalue weighted by Gasteiger charge is -2.49. The number of thioether (sulfide) groups is 1. The molecule has 1 unspecified atom stereocenters. The standard InChI is InChI=1S/C18H19N3O5S/c1-18(2)13(17(25)26)21-15(24)12(16(21)27-18)20-8-10(22)19-11(14(20)23)9-6-4-3-5-7-9/h3-7,11-13,16H,8H2,1-2H3,(H,19,22)(H,25,26)/t11?,12-,13+,16-/m1/s1. The van der Waals surface area contributed by atoms with E-state index >= 15 is 0 Å². The summed E-state index contributed by atoms with van der Waals surface area (Å²) >= 11 is 1.36. The van der Waals surface area contributed by atoms with Gasteiger partial charge < -0.3 is 20.2 Å². The molecule has 4 atom stereocenters. The van der Waals surface area contributed by atoms with Crippen molar-refractivity contribution in [3.8, 4) is 0 Å². The molecule has 3 aliphatic heterocycles. The van der Waals surface area contributed by atoms with Crippen LogP contribution in [0, 0.1) is 0 Å². The van der Waals surface area contributed by atoms with E-state index in [1.54, 1.807) is 38.1 Å². The van der Waals surface area contributed by atoms with Crippen LogP contribution in [0.2, 0.25) is 0 Å². The topological polar surface area (TPSA) is 107 Å². The molecule has 0 spiro atoms. The summed E-state index contributed by atoms with van der Waals surface area (Å²) < 4.78 is -0.680. The molecular weight excluding hydrogens is 370 g/mol. The molecule has 0 aromatic heterocycles. The van der Waals surface area contributed by atoms with Crippen LogP contribution in [0.3, 0.4) is 0 Å². The van der Waals surface area contributed by atoms with Crippen LogP contribution >= 0.6 is 11.8 Å². The first-order valence-corrected chi connectivity index (χ1v) is 9.48. The van der Waals surface area contributed by atoms with Crippen molar-refractivity contribution in [1.29, 1.82) is 0 Å². The summed E-state index contributed by atoms with van der Waals surface area (Å²) in [6, 6.07) is 6.24. The number of piperazine rings is 1. The number of β-lactam (4-membered cyclic amide) rings is 1. The van der Waals surface area contributed by atoms with Gasteiger partial charge >= 0.3 is 5.97 Å². The molecule has 0 aliphatic carbocycles. The molecule has 4 rings (SSSR count). The first-order chi connectivity index (χ1) is 12.7. The highest BCUT2D eigenvalue weighted by atomic mass is 32.2. The third-order valence-corrected chi connectivity index (χ3v) is 6.82. The molecule has 3 saturated heterocycles. The van der Waals surface area contributed by atoms with Crippen molar-refractivity contribution in [2.45, 2.75) is 42.1 Å². The number of carbonyl (C=O) groups is 4. The lowest BCUT2D eigenvalue weighted by Crippen LogP contribution is -2.73. The van der Waals surface area contributed by atoms with Crippen molar-refractivity contribution < 1.29 is 24.3 Å². The normalized spacial score (nSPS) is 32.0. The van der Waals surface area contributed by atoms with Gasteiger partial charge in [-0.1, -0.05) is 30.3 Å². The second-order valence-corrected chi connectivity index (χ2v) is 9.19. The van der Waals surface area contributed by atoms with Crippen molar-refractivity contribution in [2.75, 3.05) is 6.54 Å². The molecule has 1 aromatic carbocycles. The largest absolute Gasteiger partial charge is 0.480 e. The third-order valence-electron chi connectivity index (χ3n) is 5.26. The maximum atomic E-state index is 13.0. The second-order valence-electron chi connectivity index (χ2n) is 7.42. The van der Waals surface area contributed by atoms with Gasteiger partial charge in [0.1, 0.15) is 30.0 Å². The van der Waals surface area contributed by atoms with Crippen LogP contribution in [0.5, 0.6) is 0 Å². The minimum absolute atomic E-state index is 0.207. The maximum absolute atomic E-state index is 13.0. The highest BCUT2D eigenvalue weighted by Gasteiger charge is 2.66. The van der Waals surface area contributed by atoms with E-state index < -0.39 is 40.1 Å². The Kier molecular flexibility index (Phi) is 3.95. The smallest absolute Gasteiger partial charge is 0.327 e. The lowest BCUT2D eigenvalue weighted by molar-refractivity contribution is -0.171. The number of carboxylic acids is 1. The van der Waals surface area contributed by atoms with Crippen LogP contribution < -0.4 is 5.32 Å². The Morgan fingerprint density at radius 2 is 1.85 bits per heavy atom. The highest BCUT2D eigenvalue weighted by molar-refractivity contribution is 8.01. The first kappa shape index (κ1) is 17.8. The average Bonchev–Trinajstić information content (AvgIpc) is 2.86. The average molecular weight is 389 g/mol. The first-order valence-electron chi connectivity index (χ1n) is 8.60. The molecule has 8 nitrogen and oxygen atoms in total. The third kappa shape index (κ3) is 2.60. The summed E-state index contributed by atoms with van der Waals surface area (Å²) in [6.07, 6.45) is 0. The molecule has 3 heterocycles. The van der Waals surface area contributed by atoms with Gasteiger partial charge in [0, 0.05) is 4.75 Å². The van der Waals surface area contributed by atoms with Crippen LogP contribution in [0.1, 0.15) is 25.5 Å². The number of fused-ring (bicyclic) bond motifs is 1. The summed E-state index contributed by atoms with van der Waals surface area (Å²) in [7, 11) is 0. The summed E-state index contributed by atoms with van der Waals surface area (Å²) in [6.45, 7) is 3.34. The zero-order valence-electron chi connectivity index (χ0n) is 14.8. The van der Waals surface area contributed by atoms with Gasteiger partial charge in [-0.15, -0.1) is 11.8 Å². The Bertz CT molecular complexity index is 843. The number of amides is 3. The van der Waals surface area contributed by atoms with E-state index in [4.69, 9.17) is 0 Å². The number of nitrogens with one attached hydrogen (secondary N) is 1. The number of hydrogen-bond donors (Lipinski definition) is 2. The van der Waals surface area contributed by atoms with Gasteiger partial charge in [0.15, 0.2) is 0 Å². The Morgan fingerprint density at radius 3 is 2.48 bits per heavy atom. The number of carbonyl (C=O) groups excluding carboxylic acids is 3. The molecule has 142 valence electrons. The molecule has 2 N–H and O–H groups in total. The number of nitrogens with zero attached hydrogens (tertiary/aromatic N) is 2. The van der Waals surface area contributed by atoms with Crippen LogP contribution in [-0.4, -0.2) is 67.3 Å². The fourth-order valence-corrected chi connectivity index (χ4v) is 5.75. The molecule has 3 amide bonds. The zero-order valence-corrected chi connectivity index (χ0v) is 15.6. The Labute approximate surface area is 159 Å². The molecule has 0 radical (unpaired) electrons. The van der Waals surface area contributed by atoms with E-state index in [-0.39, 0.29) is 18.4 Å². The SMILES string of the molecule is CC1(C)S[C@@H]2[C@H](N3CC(=O)NC(c4ccccc4)C3=O)C(=O)N2[C@H]1C(=O)O. The van der Waals surface area contributed by atoms with Gasteiger partial charge in [0.2, 0.25) is 11.8 Å². The minimum Gasteiger partial charge on any atom is -0.480 e. The van der Waals surface area contributed by atoms with Gasteiger partial charge in [-0.25, -0.2) is 4.79 Å². The van der Waals surface area contributed by atoms with Crippen LogP contribution in [-0.2, 0) is 19.2 Å². The molecule has 0 saturated carbocycles. The molecule has 9 heteroatoms. The Hall–Kier alpha value is -2.55. The zero-order chi connectivity index (χ0) is 19.5. The molecule has 1 aromatic rings. The maximum Gasteiger partial charge on any atom is 0.327 e. The van der Waals surface area contributed by atoms with E-state index in [1.807, 2.05) is 6.07 Å². The fraction of sp³-hybridized carbons (Fsp3) is 0.444. The molecule has 3 aliphatic rings. The number of benzene rings is 1. The molecule has 27 heavy (non-hydrogen) atoms. The number of hydrogen-bond acceptors (Lipinski definition) is 5. The molecule has 3 fully saturated rings. The van der Waals surface area contributed by atoms with E-state index in [1.165, 1.54) is 21.6 Å². The van der Waals surface area contributed by atoms with Crippen molar-refractivity contribution in [1.82, 2.24) is 15.1 Å². The van der Waals surface area contributed by atoms with E-state index in [9.17, 15) is 24.3 Å². The summed E-state index contributed by atoms with van der Waals surface area (Å²) in [5.41, 5.74) is 0.645. The predicted molar refractivity (Wildman–Crippen MR) is 96.6 cm³/mol. The van der Waals surface area contributed by atoms with E-state index in [2.05, 4.69) is 5.32 Å². The molecular formula is C18H19N3O5S. The lowest BCUT2D eigenvalue weighted by atomic mass is 9.93. The van der Waals surface area contributed by atoms with Crippen molar-refractivity contribution >= 4 is 35.5 Å². The number of rotatable bonds is 3.